The second kappa shape index (κ2) is 9.17. The lowest BCUT2D eigenvalue weighted by atomic mass is 10.1. The molecule has 1 unspecified atom stereocenters. The molecule has 6 nitrogen and oxygen atoms in total. The van der Waals surface area contributed by atoms with Crippen molar-refractivity contribution < 1.29 is 19.1 Å². The normalized spacial score (nSPS) is 14.4. The molecular weight excluding hydrogens is 308 g/mol. The Hall–Kier alpha value is -2.21. The van der Waals surface area contributed by atoms with E-state index in [4.69, 9.17) is 4.74 Å². The summed E-state index contributed by atoms with van der Waals surface area (Å²) in [6, 6.07) is 4.84. The van der Waals surface area contributed by atoms with Crippen LogP contribution in [0.2, 0.25) is 0 Å². The van der Waals surface area contributed by atoms with Crippen LogP contribution in [-0.4, -0.2) is 49.6 Å². The lowest BCUT2D eigenvalue weighted by molar-refractivity contribution is -0.112. The summed E-state index contributed by atoms with van der Waals surface area (Å²) < 4.78 is 5.84. The van der Waals surface area contributed by atoms with Gasteiger partial charge in [-0.25, -0.2) is 0 Å². The summed E-state index contributed by atoms with van der Waals surface area (Å²) in [4.78, 5) is 35.9. The minimum atomic E-state index is -0.571. The van der Waals surface area contributed by atoms with Crippen molar-refractivity contribution in [2.75, 3.05) is 20.2 Å². The Balaban J connectivity index is 2.05. The zero-order valence-electron chi connectivity index (χ0n) is 14.0. The van der Waals surface area contributed by atoms with E-state index >= 15 is 0 Å². The molecule has 24 heavy (non-hydrogen) atoms. The summed E-state index contributed by atoms with van der Waals surface area (Å²) >= 11 is 0. The first-order valence-corrected chi connectivity index (χ1v) is 8.32. The van der Waals surface area contributed by atoms with Crippen LogP contribution >= 0.6 is 0 Å². The number of benzene rings is 1. The lowest BCUT2D eigenvalue weighted by Crippen LogP contribution is -2.36. The molecule has 0 aliphatic carbocycles. The molecule has 2 rings (SSSR count). The fourth-order valence-corrected chi connectivity index (χ4v) is 2.85. The molecule has 6 heteroatoms. The van der Waals surface area contributed by atoms with Crippen molar-refractivity contribution in [3.8, 4) is 5.75 Å². The van der Waals surface area contributed by atoms with Crippen molar-refractivity contribution in [1.82, 2.24) is 10.2 Å². The van der Waals surface area contributed by atoms with Gasteiger partial charge >= 0.3 is 0 Å². The number of hydrogen-bond donors (Lipinski definition) is 1. The van der Waals surface area contributed by atoms with Gasteiger partial charge < -0.3 is 24.5 Å². The third-order valence-corrected chi connectivity index (χ3v) is 4.17. The number of aldehydes is 2. The topological polar surface area (TPSA) is 75.7 Å². The van der Waals surface area contributed by atoms with E-state index in [0.29, 0.717) is 30.9 Å². The van der Waals surface area contributed by atoms with Gasteiger partial charge in [0.15, 0.2) is 0 Å². The quantitative estimate of drug-likeness (QED) is 0.492. The molecule has 0 fully saturated rings. The number of hydrogen-bond acceptors (Lipinski definition) is 5. The van der Waals surface area contributed by atoms with Crippen LogP contribution in [0.1, 0.15) is 41.6 Å². The van der Waals surface area contributed by atoms with Gasteiger partial charge in [0.05, 0.1) is 19.2 Å². The van der Waals surface area contributed by atoms with Crippen LogP contribution in [0.3, 0.4) is 0 Å². The van der Waals surface area contributed by atoms with Gasteiger partial charge in [0.2, 0.25) is 0 Å². The average Bonchev–Trinajstić information content (AvgIpc) is 2.93. The first kappa shape index (κ1) is 18.1. The fourth-order valence-electron chi connectivity index (χ4n) is 2.85. The number of nitrogens with zero attached hydrogens (tertiary/aromatic N) is 1. The maximum Gasteiger partial charge on any atom is 0.255 e. The highest BCUT2D eigenvalue weighted by Gasteiger charge is 2.34. The van der Waals surface area contributed by atoms with Gasteiger partial charge in [-0.05, 0) is 45.0 Å². The molecule has 1 aliphatic rings. The van der Waals surface area contributed by atoms with Gasteiger partial charge in [0.25, 0.3) is 5.91 Å². The van der Waals surface area contributed by atoms with Crippen molar-refractivity contribution in [3.05, 3.63) is 29.3 Å². The number of nitrogens with one attached hydrogen (secondary N) is 1. The van der Waals surface area contributed by atoms with Crippen molar-refractivity contribution in [2.45, 2.75) is 38.3 Å². The van der Waals surface area contributed by atoms with Gasteiger partial charge in [0.1, 0.15) is 18.3 Å². The number of amides is 1. The van der Waals surface area contributed by atoms with E-state index in [2.05, 4.69) is 5.32 Å². The number of carbonyl (C=O) groups is 3. The van der Waals surface area contributed by atoms with Crippen LogP contribution in [0.15, 0.2) is 18.2 Å². The molecule has 0 saturated carbocycles. The van der Waals surface area contributed by atoms with Gasteiger partial charge in [-0.2, -0.15) is 0 Å². The van der Waals surface area contributed by atoms with E-state index in [1.807, 2.05) is 13.1 Å². The van der Waals surface area contributed by atoms with Crippen molar-refractivity contribution in [3.63, 3.8) is 0 Å². The molecule has 0 aromatic heterocycles. The molecule has 1 aromatic rings. The standard InChI is InChI=1S/C18H24N2O4/c1-19-9-2-3-11-24-17-8-4-7-15-16(17)12-20(18(15)23)14(13-22)6-5-10-21/h4,7-8,10,13-14,19H,2-3,5-6,9,11-12H2,1H3. The molecule has 0 bridgehead atoms. The first-order valence-electron chi connectivity index (χ1n) is 8.32. The van der Waals surface area contributed by atoms with Crippen molar-refractivity contribution >= 4 is 18.5 Å². The van der Waals surface area contributed by atoms with Crippen molar-refractivity contribution in [1.29, 1.82) is 0 Å². The second-order valence-corrected chi connectivity index (χ2v) is 5.82. The average molecular weight is 332 g/mol. The van der Waals surface area contributed by atoms with Crippen molar-refractivity contribution in [2.24, 2.45) is 0 Å². The summed E-state index contributed by atoms with van der Waals surface area (Å²) in [5.74, 6) is 0.529. The highest BCUT2D eigenvalue weighted by atomic mass is 16.5. The van der Waals surface area contributed by atoms with E-state index in [1.54, 1.807) is 12.1 Å². The van der Waals surface area contributed by atoms with Gasteiger partial charge in [-0.3, -0.25) is 4.79 Å². The second-order valence-electron chi connectivity index (χ2n) is 5.82. The van der Waals surface area contributed by atoms with E-state index in [1.165, 1.54) is 4.90 Å². The Kier molecular flexibility index (Phi) is 6.93. The minimum absolute atomic E-state index is 0.173. The molecule has 1 aromatic carbocycles. The number of unbranched alkanes of at least 4 members (excludes halogenated alkanes) is 1. The molecule has 1 amide bonds. The maximum atomic E-state index is 12.5. The zero-order chi connectivity index (χ0) is 17.4. The van der Waals surface area contributed by atoms with Gasteiger partial charge in [-0.15, -0.1) is 0 Å². The molecular formula is C18H24N2O4. The van der Waals surface area contributed by atoms with Crippen LogP contribution in [-0.2, 0) is 16.1 Å². The largest absolute Gasteiger partial charge is 0.493 e. The maximum absolute atomic E-state index is 12.5. The summed E-state index contributed by atoms with van der Waals surface area (Å²) in [5, 5.41) is 3.09. The third kappa shape index (κ3) is 4.20. The Labute approximate surface area is 142 Å². The van der Waals surface area contributed by atoms with Crippen LogP contribution in [0.4, 0.5) is 0 Å². The molecule has 0 spiro atoms. The van der Waals surface area contributed by atoms with E-state index in [-0.39, 0.29) is 12.3 Å². The summed E-state index contributed by atoms with van der Waals surface area (Å²) in [6.45, 7) is 1.89. The predicted molar refractivity (Wildman–Crippen MR) is 90.1 cm³/mol. The number of ether oxygens (including phenoxy) is 1. The highest BCUT2D eigenvalue weighted by molar-refractivity contribution is 6.00. The summed E-state index contributed by atoms with van der Waals surface area (Å²) in [6.07, 6.45) is 4.08. The Morgan fingerprint density at radius 3 is 2.88 bits per heavy atom. The van der Waals surface area contributed by atoms with Crippen LogP contribution in [0, 0.1) is 0 Å². The van der Waals surface area contributed by atoms with Gasteiger partial charge in [0, 0.05) is 17.5 Å². The minimum Gasteiger partial charge on any atom is -0.493 e. The molecule has 1 atom stereocenters. The summed E-state index contributed by atoms with van der Waals surface area (Å²) in [5.41, 5.74) is 1.41. The van der Waals surface area contributed by atoms with E-state index in [0.717, 1.165) is 37.5 Å². The number of rotatable bonds is 11. The molecule has 0 saturated heterocycles. The molecule has 1 N–H and O–H groups in total. The smallest absolute Gasteiger partial charge is 0.255 e. The van der Waals surface area contributed by atoms with E-state index in [9.17, 15) is 14.4 Å². The Morgan fingerprint density at radius 1 is 1.33 bits per heavy atom. The van der Waals surface area contributed by atoms with Gasteiger partial charge in [-0.1, -0.05) is 6.07 Å². The predicted octanol–water partition coefficient (Wildman–Crippen LogP) is 1.57. The highest BCUT2D eigenvalue weighted by Crippen LogP contribution is 2.32. The molecule has 130 valence electrons. The molecule has 0 radical (unpaired) electrons. The summed E-state index contributed by atoms with van der Waals surface area (Å²) in [7, 11) is 1.92. The monoisotopic (exact) mass is 332 g/mol. The zero-order valence-corrected chi connectivity index (χ0v) is 14.0. The Morgan fingerprint density at radius 2 is 2.17 bits per heavy atom. The molecule has 1 heterocycles. The van der Waals surface area contributed by atoms with Crippen LogP contribution in [0.5, 0.6) is 5.75 Å². The SMILES string of the molecule is CNCCCCOc1cccc2c1CN(C(C=O)CCC=O)C2=O. The first-order chi connectivity index (χ1) is 11.7. The van der Waals surface area contributed by atoms with Crippen LogP contribution < -0.4 is 10.1 Å². The number of carbonyl (C=O) groups excluding carboxylic acids is 3. The van der Waals surface area contributed by atoms with Crippen LogP contribution in [0.25, 0.3) is 0 Å². The lowest BCUT2D eigenvalue weighted by Gasteiger charge is -2.22. The molecule has 1 aliphatic heterocycles. The van der Waals surface area contributed by atoms with E-state index < -0.39 is 6.04 Å². The fraction of sp³-hybridized carbons (Fsp3) is 0.500. The third-order valence-electron chi connectivity index (χ3n) is 4.17. The Bertz CT molecular complexity index is 588. The number of fused-ring (bicyclic) bond motifs is 1.